The summed E-state index contributed by atoms with van der Waals surface area (Å²) in [5.41, 5.74) is 0.515. The summed E-state index contributed by atoms with van der Waals surface area (Å²) < 4.78 is 10.9. The zero-order valence-electron chi connectivity index (χ0n) is 15.0. The first kappa shape index (κ1) is 17.3. The van der Waals surface area contributed by atoms with Crippen molar-refractivity contribution in [1.29, 1.82) is 0 Å². The second kappa shape index (κ2) is 7.23. The van der Waals surface area contributed by atoms with Crippen LogP contribution in [-0.2, 0) is 19.1 Å². The predicted molar refractivity (Wildman–Crippen MR) is 91.9 cm³/mol. The molecule has 2 saturated carbocycles. The van der Waals surface area contributed by atoms with Gasteiger partial charge >= 0.3 is 0 Å². The lowest BCUT2D eigenvalue weighted by molar-refractivity contribution is -0.143. The second-order valence-electron chi connectivity index (χ2n) is 8.45. The van der Waals surface area contributed by atoms with Gasteiger partial charge in [0.15, 0.2) is 0 Å². The SMILES string of the molecule is O=C(NCC1COCCN1C(=O)CC1CCOC1)C1CC2(CCC2)C1. The lowest BCUT2D eigenvalue weighted by atomic mass is 9.51. The minimum absolute atomic E-state index is 0.0368. The fraction of sp³-hybridized carbons (Fsp3) is 0.895. The monoisotopic (exact) mass is 350 g/mol. The van der Waals surface area contributed by atoms with Crippen LogP contribution in [0.1, 0.15) is 44.9 Å². The zero-order valence-corrected chi connectivity index (χ0v) is 15.0. The summed E-state index contributed by atoms with van der Waals surface area (Å²) in [5, 5.41) is 3.08. The maximum Gasteiger partial charge on any atom is 0.223 e. The molecule has 0 aromatic heterocycles. The third-order valence-electron chi connectivity index (χ3n) is 6.69. The number of hydrogen-bond acceptors (Lipinski definition) is 4. The van der Waals surface area contributed by atoms with Crippen LogP contribution < -0.4 is 5.32 Å². The number of nitrogens with one attached hydrogen (secondary N) is 1. The molecule has 4 rings (SSSR count). The molecule has 1 spiro atoms. The molecule has 2 heterocycles. The molecule has 0 bridgehead atoms. The summed E-state index contributed by atoms with van der Waals surface area (Å²) >= 11 is 0. The standard InChI is InChI=1S/C19H30N2O4/c22-17(8-14-2-6-24-12-14)21-5-7-25-13-16(21)11-20-18(23)15-9-19(10-15)3-1-4-19/h14-16H,1-13H2,(H,20,23). The van der Waals surface area contributed by atoms with Crippen molar-refractivity contribution in [1.82, 2.24) is 10.2 Å². The van der Waals surface area contributed by atoms with Crippen LogP contribution in [0.5, 0.6) is 0 Å². The van der Waals surface area contributed by atoms with Gasteiger partial charge in [-0.15, -0.1) is 0 Å². The number of ether oxygens (including phenoxy) is 2. The van der Waals surface area contributed by atoms with E-state index in [4.69, 9.17) is 9.47 Å². The molecule has 1 N–H and O–H groups in total. The Labute approximate surface area is 149 Å². The maximum absolute atomic E-state index is 12.6. The Bertz CT molecular complexity index is 506. The van der Waals surface area contributed by atoms with Gasteiger partial charge in [-0.2, -0.15) is 0 Å². The molecule has 6 nitrogen and oxygen atoms in total. The van der Waals surface area contributed by atoms with E-state index >= 15 is 0 Å². The Morgan fingerprint density at radius 3 is 2.60 bits per heavy atom. The molecule has 2 atom stereocenters. The molecular formula is C19H30N2O4. The first-order valence-corrected chi connectivity index (χ1v) is 9.88. The molecule has 2 aliphatic heterocycles. The number of carbonyl (C=O) groups excluding carboxylic acids is 2. The van der Waals surface area contributed by atoms with Crippen LogP contribution >= 0.6 is 0 Å². The van der Waals surface area contributed by atoms with Crippen LogP contribution in [0.25, 0.3) is 0 Å². The van der Waals surface area contributed by atoms with Gasteiger partial charge < -0.3 is 19.7 Å². The minimum atomic E-state index is -0.0368. The van der Waals surface area contributed by atoms with Gasteiger partial charge in [0.1, 0.15) is 0 Å². The maximum atomic E-state index is 12.6. The quantitative estimate of drug-likeness (QED) is 0.812. The predicted octanol–water partition coefficient (Wildman–Crippen LogP) is 1.34. The van der Waals surface area contributed by atoms with Crippen molar-refractivity contribution in [3.8, 4) is 0 Å². The van der Waals surface area contributed by atoms with Gasteiger partial charge in [0, 0.05) is 38.6 Å². The second-order valence-corrected chi connectivity index (χ2v) is 8.45. The van der Waals surface area contributed by atoms with E-state index in [0.29, 0.717) is 50.7 Å². The van der Waals surface area contributed by atoms with E-state index in [2.05, 4.69) is 5.32 Å². The van der Waals surface area contributed by atoms with Crippen molar-refractivity contribution in [2.75, 3.05) is 39.5 Å². The van der Waals surface area contributed by atoms with Crippen molar-refractivity contribution >= 4 is 11.8 Å². The number of morpholine rings is 1. The van der Waals surface area contributed by atoms with Gasteiger partial charge in [-0.25, -0.2) is 0 Å². The Hall–Kier alpha value is -1.14. The van der Waals surface area contributed by atoms with Gasteiger partial charge in [-0.05, 0) is 43.4 Å². The highest BCUT2D eigenvalue weighted by Gasteiger charge is 2.50. The lowest BCUT2D eigenvalue weighted by Crippen LogP contribution is -2.55. The van der Waals surface area contributed by atoms with E-state index in [1.165, 1.54) is 19.3 Å². The van der Waals surface area contributed by atoms with Gasteiger partial charge in [-0.3, -0.25) is 9.59 Å². The van der Waals surface area contributed by atoms with Gasteiger partial charge in [0.25, 0.3) is 0 Å². The Morgan fingerprint density at radius 1 is 1.12 bits per heavy atom. The zero-order chi connectivity index (χ0) is 17.3. The fourth-order valence-corrected chi connectivity index (χ4v) is 4.88. The third-order valence-corrected chi connectivity index (χ3v) is 6.69. The van der Waals surface area contributed by atoms with Gasteiger partial charge in [0.05, 0.1) is 19.3 Å². The first-order valence-electron chi connectivity index (χ1n) is 9.88. The van der Waals surface area contributed by atoms with Crippen molar-refractivity contribution < 1.29 is 19.1 Å². The third kappa shape index (κ3) is 3.70. The van der Waals surface area contributed by atoms with Crippen LogP contribution in [0, 0.1) is 17.3 Å². The topological polar surface area (TPSA) is 67.9 Å². The molecule has 2 amide bonds. The van der Waals surface area contributed by atoms with Crippen molar-refractivity contribution in [3.05, 3.63) is 0 Å². The summed E-state index contributed by atoms with van der Waals surface area (Å²) in [6.07, 6.45) is 7.59. The highest BCUT2D eigenvalue weighted by Crippen LogP contribution is 2.58. The summed E-state index contributed by atoms with van der Waals surface area (Å²) in [6, 6.07) is -0.0368. The van der Waals surface area contributed by atoms with Crippen LogP contribution in [0.3, 0.4) is 0 Å². The van der Waals surface area contributed by atoms with Gasteiger partial charge in [-0.1, -0.05) is 6.42 Å². The summed E-state index contributed by atoms with van der Waals surface area (Å²) in [6.45, 7) is 3.70. The molecular weight excluding hydrogens is 320 g/mol. The molecule has 6 heteroatoms. The van der Waals surface area contributed by atoms with Gasteiger partial charge in [0.2, 0.25) is 11.8 Å². The molecule has 4 aliphatic rings. The molecule has 25 heavy (non-hydrogen) atoms. The Morgan fingerprint density at radius 2 is 1.92 bits per heavy atom. The summed E-state index contributed by atoms with van der Waals surface area (Å²) in [5.74, 6) is 0.874. The molecule has 2 saturated heterocycles. The average molecular weight is 350 g/mol. The number of nitrogens with zero attached hydrogens (tertiary/aromatic N) is 1. The van der Waals surface area contributed by atoms with Crippen molar-refractivity contribution in [2.24, 2.45) is 17.3 Å². The van der Waals surface area contributed by atoms with Crippen LogP contribution in [-0.4, -0.2) is 62.3 Å². The minimum Gasteiger partial charge on any atom is -0.381 e. The number of hydrogen-bond donors (Lipinski definition) is 1. The van der Waals surface area contributed by atoms with Crippen molar-refractivity contribution in [2.45, 2.75) is 51.0 Å². The molecule has 4 fully saturated rings. The highest BCUT2D eigenvalue weighted by atomic mass is 16.5. The van der Waals surface area contributed by atoms with Crippen molar-refractivity contribution in [3.63, 3.8) is 0 Å². The summed E-state index contributed by atoms with van der Waals surface area (Å²) in [4.78, 5) is 26.9. The summed E-state index contributed by atoms with van der Waals surface area (Å²) in [7, 11) is 0. The van der Waals surface area contributed by atoms with Crippen LogP contribution in [0.4, 0.5) is 0 Å². The van der Waals surface area contributed by atoms with E-state index in [1.807, 2.05) is 4.90 Å². The molecule has 2 unspecified atom stereocenters. The molecule has 0 aromatic rings. The lowest BCUT2D eigenvalue weighted by Gasteiger charge is -2.53. The van der Waals surface area contributed by atoms with E-state index in [-0.39, 0.29) is 23.8 Å². The van der Waals surface area contributed by atoms with Crippen LogP contribution in [0.15, 0.2) is 0 Å². The largest absolute Gasteiger partial charge is 0.381 e. The van der Waals surface area contributed by atoms with E-state index in [0.717, 1.165) is 25.9 Å². The molecule has 0 aromatic carbocycles. The normalized spacial score (nSPS) is 31.4. The van der Waals surface area contributed by atoms with Crippen LogP contribution in [0.2, 0.25) is 0 Å². The highest BCUT2D eigenvalue weighted by molar-refractivity contribution is 5.80. The average Bonchev–Trinajstić information content (AvgIpc) is 3.03. The van der Waals surface area contributed by atoms with E-state index < -0.39 is 0 Å². The molecule has 2 aliphatic carbocycles. The fourth-order valence-electron chi connectivity index (χ4n) is 4.88. The van der Waals surface area contributed by atoms with E-state index in [1.54, 1.807) is 0 Å². The number of carbonyl (C=O) groups is 2. The van der Waals surface area contributed by atoms with E-state index in [9.17, 15) is 9.59 Å². The molecule has 140 valence electrons. The smallest absolute Gasteiger partial charge is 0.223 e. The number of rotatable bonds is 5. The Kier molecular flexibility index (Phi) is 5.00. The Balaban J connectivity index is 1.24. The molecule has 0 radical (unpaired) electrons. The first-order chi connectivity index (χ1) is 12.2. The number of amides is 2.